The number of piperazine rings is 1. The molecule has 7 heteroatoms. The summed E-state index contributed by atoms with van der Waals surface area (Å²) >= 11 is 0. The molecule has 1 aliphatic carbocycles. The van der Waals surface area contributed by atoms with Crippen molar-refractivity contribution in [3.8, 4) is 0 Å². The third-order valence-electron chi connectivity index (χ3n) is 4.39. The molecule has 2 fully saturated rings. The first-order valence-electron chi connectivity index (χ1n) is 8.12. The second-order valence-corrected chi connectivity index (χ2v) is 8.06. The fraction of sp³-hybridized carbons (Fsp3) is 0.562. The second-order valence-electron chi connectivity index (χ2n) is 6.12. The number of nitrogens with zero attached hydrogens (tertiary/aromatic N) is 2. The summed E-state index contributed by atoms with van der Waals surface area (Å²) in [5, 5.41) is 2.95. The zero-order valence-corrected chi connectivity index (χ0v) is 14.0. The molecule has 1 N–H and O–H groups in total. The van der Waals surface area contributed by atoms with Crippen LogP contribution < -0.4 is 5.32 Å². The minimum atomic E-state index is -3.39. The SMILES string of the molecule is O=C(NCCN1CCN(S(=O)(=O)c2ccccc2)CC1)C1CC1. The van der Waals surface area contributed by atoms with Crippen LogP contribution in [0.15, 0.2) is 35.2 Å². The number of amides is 1. The van der Waals surface area contributed by atoms with Crippen molar-refractivity contribution < 1.29 is 13.2 Å². The Kier molecular flexibility index (Phi) is 4.99. The van der Waals surface area contributed by atoms with Crippen molar-refractivity contribution in [2.45, 2.75) is 17.7 Å². The number of benzene rings is 1. The Morgan fingerprint density at radius 3 is 2.35 bits per heavy atom. The van der Waals surface area contributed by atoms with Gasteiger partial charge in [-0.2, -0.15) is 4.31 Å². The molecule has 1 amide bonds. The third kappa shape index (κ3) is 4.10. The van der Waals surface area contributed by atoms with Crippen LogP contribution >= 0.6 is 0 Å². The molecule has 0 radical (unpaired) electrons. The molecule has 0 spiro atoms. The molecule has 3 rings (SSSR count). The molecule has 1 aliphatic heterocycles. The first-order chi connectivity index (χ1) is 11.1. The number of nitrogens with one attached hydrogen (secondary N) is 1. The number of rotatable bonds is 6. The third-order valence-corrected chi connectivity index (χ3v) is 6.30. The van der Waals surface area contributed by atoms with E-state index in [0.717, 1.165) is 19.4 Å². The maximum Gasteiger partial charge on any atom is 0.243 e. The van der Waals surface area contributed by atoms with Gasteiger partial charge in [0, 0.05) is 45.2 Å². The van der Waals surface area contributed by atoms with Crippen LogP contribution in [0.25, 0.3) is 0 Å². The second kappa shape index (κ2) is 6.98. The van der Waals surface area contributed by atoms with E-state index in [1.54, 1.807) is 28.6 Å². The molecule has 1 aromatic carbocycles. The van der Waals surface area contributed by atoms with Gasteiger partial charge in [0.2, 0.25) is 15.9 Å². The Balaban J connectivity index is 1.45. The highest BCUT2D eigenvalue weighted by Gasteiger charge is 2.30. The molecule has 1 saturated heterocycles. The van der Waals surface area contributed by atoms with Crippen LogP contribution in [0.1, 0.15) is 12.8 Å². The molecule has 126 valence electrons. The van der Waals surface area contributed by atoms with E-state index in [4.69, 9.17) is 0 Å². The summed E-state index contributed by atoms with van der Waals surface area (Å²) in [5.41, 5.74) is 0. The van der Waals surface area contributed by atoms with Crippen molar-refractivity contribution in [1.29, 1.82) is 0 Å². The lowest BCUT2D eigenvalue weighted by molar-refractivity contribution is -0.122. The smallest absolute Gasteiger partial charge is 0.243 e. The van der Waals surface area contributed by atoms with Crippen LogP contribution in [0.2, 0.25) is 0 Å². The Hall–Kier alpha value is -1.44. The monoisotopic (exact) mass is 337 g/mol. The van der Waals surface area contributed by atoms with Gasteiger partial charge in [0.15, 0.2) is 0 Å². The highest BCUT2D eigenvalue weighted by molar-refractivity contribution is 7.89. The van der Waals surface area contributed by atoms with Crippen molar-refractivity contribution in [2.24, 2.45) is 5.92 Å². The van der Waals surface area contributed by atoms with Gasteiger partial charge in [-0.1, -0.05) is 18.2 Å². The Bertz CT molecular complexity index is 636. The van der Waals surface area contributed by atoms with Gasteiger partial charge in [-0.25, -0.2) is 8.42 Å². The van der Waals surface area contributed by atoms with Crippen molar-refractivity contribution >= 4 is 15.9 Å². The molecular formula is C16H23N3O3S. The highest BCUT2D eigenvalue weighted by Crippen LogP contribution is 2.28. The minimum Gasteiger partial charge on any atom is -0.355 e. The average Bonchev–Trinajstić information content (AvgIpc) is 3.41. The average molecular weight is 337 g/mol. The van der Waals surface area contributed by atoms with Gasteiger partial charge in [0.25, 0.3) is 0 Å². The first-order valence-corrected chi connectivity index (χ1v) is 9.56. The van der Waals surface area contributed by atoms with Crippen LogP contribution in [0, 0.1) is 5.92 Å². The zero-order valence-electron chi connectivity index (χ0n) is 13.1. The van der Waals surface area contributed by atoms with Crippen LogP contribution in [-0.2, 0) is 14.8 Å². The van der Waals surface area contributed by atoms with Gasteiger partial charge < -0.3 is 5.32 Å². The standard InChI is InChI=1S/C16H23N3O3S/c20-16(14-6-7-14)17-8-9-18-10-12-19(13-11-18)23(21,22)15-4-2-1-3-5-15/h1-5,14H,6-13H2,(H,17,20). The predicted octanol–water partition coefficient (Wildman–Crippen LogP) is 0.519. The molecule has 0 aromatic heterocycles. The Labute approximate surface area is 137 Å². The molecule has 1 heterocycles. The summed E-state index contributed by atoms with van der Waals surface area (Å²) in [4.78, 5) is 14.1. The van der Waals surface area contributed by atoms with Crippen LogP contribution in [-0.4, -0.2) is 62.8 Å². The minimum absolute atomic E-state index is 0.162. The lowest BCUT2D eigenvalue weighted by Gasteiger charge is -2.33. The summed E-state index contributed by atoms with van der Waals surface area (Å²) in [5.74, 6) is 0.401. The van der Waals surface area contributed by atoms with Crippen LogP contribution in [0.4, 0.5) is 0 Å². The highest BCUT2D eigenvalue weighted by atomic mass is 32.2. The summed E-state index contributed by atoms with van der Waals surface area (Å²) in [7, 11) is -3.39. The van der Waals surface area contributed by atoms with Gasteiger partial charge in [0.1, 0.15) is 0 Å². The number of hydrogen-bond donors (Lipinski definition) is 1. The molecule has 0 bridgehead atoms. The fourth-order valence-corrected chi connectivity index (χ4v) is 4.21. The summed E-state index contributed by atoms with van der Waals surface area (Å²) in [6.07, 6.45) is 2.03. The molecule has 0 atom stereocenters. The van der Waals surface area contributed by atoms with Gasteiger partial charge in [-0.15, -0.1) is 0 Å². The van der Waals surface area contributed by atoms with E-state index in [1.165, 1.54) is 0 Å². The fourth-order valence-electron chi connectivity index (χ4n) is 2.76. The first kappa shape index (κ1) is 16.4. The molecule has 1 saturated carbocycles. The molecule has 23 heavy (non-hydrogen) atoms. The van der Waals surface area contributed by atoms with E-state index >= 15 is 0 Å². The lowest BCUT2D eigenvalue weighted by Crippen LogP contribution is -2.50. The quantitative estimate of drug-likeness (QED) is 0.822. The number of hydrogen-bond acceptors (Lipinski definition) is 4. The maximum absolute atomic E-state index is 12.5. The predicted molar refractivity (Wildman–Crippen MR) is 87.4 cm³/mol. The molecule has 2 aliphatic rings. The number of carbonyl (C=O) groups excluding carboxylic acids is 1. The maximum atomic E-state index is 12.5. The van der Waals surface area contributed by atoms with E-state index in [2.05, 4.69) is 10.2 Å². The van der Waals surface area contributed by atoms with Crippen molar-refractivity contribution in [1.82, 2.24) is 14.5 Å². The molecule has 1 aromatic rings. The normalized spacial score (nSPS) is 20.3. The summed E-state index contributed by atoms with van der Waals surface area (Å²) in [6, 6.07) is 8.56. The Morgan fingerprint density at radius 2 is 1.74 bits per heavy atom. The summed E-state index contributed by atoms with van der Waals surface area (Å²) in [6.45, 7) is 3.80. The van der Waals surface area contributed by atoms with Gasteiger partial charge >= 0.3 is 0 Å². The van der Waals surface area contributed by atoms with Crippen molar-refractivity contribution in [3.05, 3.63) is 30.3 Å². The van der Waals surface area contributed by atoms with Gasteiger partial charge in [-0.05, 0) is 25.0 Å². The van der Waals surface area contributed by atoms with Gasteiger partial charge in [-0.3, -0.25) is 9.69 Å². The van der Waals surface area contributed by atoms with E-state index in [-0.39, 0.29) is 11.8 Å². The Morgan fingerprint density at radius 1 is 1.09 bits per heavy atom. The molecule has 0 unspecified atom stereocenters. The van der Waals surface area contributed by atoms with E-state index in [9.17, 15) is 13.2 Å². The van der Waals surface area contributed by atoms with E-state index in [1.807, 2.05) is 6.07 Å². The molecule has 6 nitrogen and oxygen atoms in total. The summed E-state index contributed by atoms with van der Waals surface area (Å²) < 4.78 is 26.6. The largest absolute Gasteiger partial charge is 0.355 e. The topological polar surface area (TPSA) is 69.7 Å². The lowest BCUT2D eigenvalue weighted by atomic mass is 10.3. The van der Waals surface area contributed by atoms with Gasteiger partial charge in [0.05, 0.1) is 4.90 Å². The molecular weight excluding hydrogens is 314 g/mol. The van der Waals surface area contributed by atoms with E-state index < -0.39 is 10.0 Å². The van der Waals surface area contributed by atoms with Crippen LogP contribution in [0.3, 0.4) is 0 Å². The zero-order chi connectivity index (χ0) is 16.3. The number of carbonyl (C=O) groups is 1. The van der Waals surface area contributed by atoms with Crippen molar-refractivity contribution in [2.75, 3.05) is 39.3 Å². The van der Waals surface area contributed by atoms with Crippen molar-refractivity contribution in [3.63, 3.8) is 0 Å². The van der Waals surface area contributed by atoms with Crippen LogP contribution in [0.5, 0.6) is 0 Å². The number of sulfonamides is 1. The van der Waals surface area contributed by atoms with E-state index in [0.29, 0.717) is 37.6 Å².